The molecule has 0 saturated carbocycles. The number of unbranched alkanes of at least 4 members (excludes halogenated alkanes) is 1. The van der Waals surface area contributed by atoms with Crippen LogP contribution in [0, 0.1) is 0 Å². The molecule has 0 radical (unpaired) electrons. The lowest BCUT2D eigenvalue weighted by molar-refractivity contribution is -0.144. The number of halogens is 2. The lowest BCUT2D eigenvalue weighted by Gasteiger charge is -2.29. The summed E-state index contributed by atoms with van der Waals surface area (Å²) in [6.07, 6.45) is 0.308. The molecule has 1 aromatic carbocycles. The fraction of sp³-hybridized carbons (Fsp3) is 0.391. The van der Waals surface area contributed by atoms with Crippen LogP contribution in [0.25, 0.3) is 0 Å². The van der Waals surface area contributed by atoms with Gasteiger partial charge < -0.3 is 25.8 Å². The third kappa shape index (κ3) is 6.76. The minimum absolute atomic E-state index is 0.210. The fourth-order valence-corrected chi connectivity index (χ4v) is 4.61. The molecule has 2 heterocycles. The minimum Gasteiger partial charge on any atom is -0.489 e. The number of hydroxylamine groups is 1. The second-order valence-corrected chi connectivity index (χ2v) is 9.15. The van der Waals surface area contributed by atoms with E-state index in [0.717, 1.165) is 5.56 Å². The van der Waals surface area contributed by atoms with E-state index in [1.54, 1.807) is 41.9 Å². The van der Waals surface area contributed by atoms with Gasteiger partial charge in [-0.2, -0.15) is 0 Å². The van der Waals surface area contributed by atoms with Gasteiger partial charge in [-0.05, 0) is 61.1 Å². The van der Waals surface area contributed by atoms with E-state index in [4.69, 9.17) is 38.8 Å². The minimum atomic E-state index is -1.34. The smallest absolute Gasteiger partial charge is 0.404 e. The molecule has 0 bridgehead atoms. The second-order valence-electron chi connectivity index (χ2n) is 8.37. The molecule has 1 aliphatic rings. The van der Waals surface area contributed by atoms with Crippen LogP contribution < -0.4 is 21.3 Å². The molecule has 1 saturated heterocycles. The van der Waals surface area contributed by atoms with Gasteiger partial charge in [0.1, 0.15) is 34.2 Å². The van der Waals surface area contributed by atoms with Crippen molar-refractivity contribution in [1.82, 2.24) is 20.7 Å². The van der Waals surface area contributed by atoms with Crippen LogP contribution in [0.15, 0.2) is 36.4 Å². The summed E-state index contributed by atoms with van der Waals surface area (Å²) in [5.74, 6) is -0.616. The zero-order chi connectivity index (χ0) is 26.3. The standard InChI is InChI=1S/C23H27Cl2N5O6/c24-18-11-14(12-19(25)28-18)13-36-16-6-4-15(5-7-16)23(26)8-10-30(21(23)32)17(20(31)29-35)3-1-2-9-27-22(33)34/h4-7,11-12,17,27,35H,1-3,8-10,13,26H2,(H,29,31)(H,33,34). The molecular weight excluding hydrogens is 513 g/mol. The maximum atomic E-state index is 13.3. The van der Waals surface area contributed by atoms with E-state index < -0.39 is 29.5 Å². The molecule has 2 aromatic rings. The molecule has 3 amide bonds. The largest absolute Gasteiger partial charge is 0.489 e. The Morgan fingerprint density at radius 3 is 2.47 bits per heavy atom. The summed E-state index contributed by atoms with van der Waals surface area (Å²) in [6.45, 7) is 0.650. The normalized spacial score (nSPS) is 18.1. The van der Waals surface area contributed by atoms with Gasteiger partial charge in [0.2, 0.25) is 5.91 Å². The predicted molar refractivity (Wildman–Crippen MR) is 131 cm³/mol. The van der Waals surface area contributed by atoms with Crippen molar-refractivity contribution in [3.63, 3.8) is 0 Å². The van der Waals surface area contributed by atoms with Gasteiger partial charge in [0.15, 0.2) is 0 Å². The van der Waals surface area contributed by atoms with Crippen molar-refractivity contribution in [2.75, 3.05) is 13.1 Å². The maximum Gasteiger partial charge on any atom is 0.404 e. The Morgan fingerprint density at radius 1 is 1.19 bits per heavy atom. The number of nitrogens with zero attached hydrogens (tertiary/aromatic N) is 2. The van der Waals surface area contributed by atoms with Crippen molar-refractivity contribution in [3.8, 4) is 5.75 Å². The van der Waals surface area contributed by atoms with Gasteiger partial charge in [-0.15, -0.1) is 0 Å². The number of benzene rings is 1. The van der Waals surface area contributed by atoms with Gasteiger partial charge in [-0.1, -0.05) is 35.3 Å². The number of carboxylic acid groups (broad SMARTS) is 1. The molecule has 1 fully saturated rings. The van der Waals surface area contributed by atoms with E-state index in [9.17, 15) is 19.6 Å². The van der Waals surface area contributed by atoms with Crippen molar-refractivity contribution in [3.05, 3.63) is 57.8 Å². The molecule has 36 heavy (non-hydrogen) atoms. The third-order valence-corrected chi connectivity index (χ3v) is 6.34. The number of nitrogens with one attached hydrogen (secondary N) is 2. The summed E-state index contributed by atoms with van der Waals surface area (Å²) in [5, 5.41) is 20.6. The number of nitrogens with two attached hydrogens (primary N) is 1. The van der Waals surface area contributed by atoms with E-state index in [-0.39, 0.29) is 42.8 Å². The Morgan fingerprint density at radius 2 is 1.86 bits per heavy atom. The highest BCUT2D eigenvalue weighted by atomic mass is 35.5. The number of carbonyl (C=O) groups excluding carboxylic acids is 2. The Hall–Kier alpha value is -3.12. The molecule has 2 atom stereocenters. The number of likely N-dealkylation sites (tertiary alicyclic amines) is 1. The SMILES string of the molecule is NC1(c2ccc(OCc3cc(Cl)nc(Cl)c3)cc2)CCN(C(CCCCNC(=O)O)C(=O)NO)C1=O. The predicted octanol–water partition coefficient (Wildman–Crippen LogP) is 2.67. The van der Waals surface area contributed by atoms with E-state index in [1.165, 1.54) is 4.90 Å². The molecule has 3 rings (SSSR count). The van der Waals surface area contributed by atoms with Crippen LogP contribution in [-0.2, 0) is 21.7 Å². The van der Waals surface area contributed by atoms with Crippen LogP contribution >= 0.6 is 23.2 Å². The van der Waals surface area contributed by atoms with Crippen molar-refractivity contribution in [2.24, 2.45) is 5.73 Å². The molecule has 2 unspecified atom stereocenters. The fourth-order valence-electron chi connectivity index (χ4n) is 4.10. The lowest BCUT2D eigenvalue weighted by Crippen LogP contribution is -2.52. The molecule has 194 valence electrons. The van der Waals surface area contributed by atoms with Crippen LogP contribution in [0.4, 0.5) is 4.79 Å². The highest BCUT2D eigenvalue weighted by Gasteiger charge is 2.48. The number of rotatable bonds is 11. The molecule has 13 heteroatoms. The summed E-state index contributed by atoms with van der Waals surface area (Å²) in [4.78, 5) is 41.4. The summed E-state index contributed by atoms with van der Waals surface area (Å²) >= 11 is 11.8. The quantitative estimate of drug-likeness (QED) is 0.126. The second kappa shape index (κ2) is 12.2. The lowest BCUT2D eigenvalue weighted by atomic mass is 9.89. The molecule has 11 nitrogen and oxygen atoms in total. The van der Waals surface area contributed by atoms with Crippen molar-refractivity contribution in [1.29, 1.82) is 0 Å². The first-order valence-electron chi connectivity index (χ1n) is 11.2. The molecule has 0 spiro atoms. The van der Waals surface area contributed by atoms with Gasteiger partial charge in [0, 0.05) is 13.1 Å². The van der Waals surface area contributed by atoms with Gasteiger partial charge >= 0.3 is 6.09 Å². The average Bonchev–Trinajstić information content (AvgIpc) is 3.14. The van der Waals surface area contributed by atoms with E-state index in [2.05, 4.69) is 10.3 Å². The first-order chi connectivity index (χ1) is 17.1. The van der Waals surface area contributed by atoms with Gasteiger partial charge in [-0.25, -0.2) is 15.3 Å². The molecular formula is C23H27Cl2N5O6. The number of carbonyl (C=O) groups is 3. The zero-order valence-corrected chi connectivity index (χ0v) is 20.8. The zero-order valence-electron chi connectivity index (χ0n) is 19.2. The van der Waals surface area contributed by atoms with Crippen molar-refractivity contribution in [2.45, 2.75) is 43.9 Å². The van der Waals surface area contributed by atoms with E-state index in [0.29, 0.717) is 24.2 Å². The van der Waals surface area contributed by atoms with Crippen LogP contribution in [0.1, 0.15) is 36.8 Å². The summed E-state index contributed by atoms with van der Waals surface area (Å²) in [6, 6.07) is 9.13. The summed E-state index contributed by atoms with van der Waals surface area (Å²) in [5.41, 5.74) is 8.09. The Kier molecular flexibility index (Phi) is 9.32. The molecule has 1 aliphatic heterocycles. The van der Waals surface area contributed by atoms with Crippen molar-refractivity contribution >= 4 is 41.1 Å². The number of hydrogen-bond acceptors (Lipinski definition) is 7. The highest BCUT2D eigenvalue weighted by Crippen LogP contribution is 2.34. The molecule has 0 aliphatic carbocycles. The maximum absolute atomic E-state index is 13.3. The van der Waals surface area contributed by atoms with Crippen LogP contribution in [0.3, 0.4) is 0 Å². The summed E-state index contributed by atoms with van der Waals surface area (Å²) < 4.78 is 5.76. The van der Waals surface area contributed by atoms with Crippen LogP contribution in [-0.4, -0.2) is 57.2 Å². The first kappa shape index (κ1) is 27.5. The Balaban J connectivity index is 1.64. The van der Waals surface area contributed by atoms with E-state index >= 15 is 0 Å². The molecule has 6 N–H and O–H groups in total. The van der Waals surface area contributed by atoms with Crippen molar-refractivity contribution < 1.29 is 29.4 Å². The van der Waals surface area contributed by atoms with Gasteiger partial charge in [0.05, 0.1) is 0 Å². The van der Waals surface area contributed by atoms with Gasteiger partial charge in [-0.3, -0.25) is 14.8 Å². The summed E-state index contributed by atoms with van der Waals surface area (Å²) in [7, 11) is 0. The van der Waals surface area contributed by atoms with E-state index in [1.807, 2.05) is 0 Å². The highest BCUT2D eigenvalue weighted by molar-refractivity contribution is 6.32. The Bertz CT molecular complexity index is 1080. The number of pyridine rings is 1. The monoisotopic (exact) mass is 539 g/mol. The number of amides is 3. The molecule has 1 aromatic heterocycles. The third-order valence-electron chi connectivity index (χ3n) is 5.96. The Labute approximate surface area is 217 Å². The average molecular weight is 540 g/mol. The number of aromatic nitrogens is 1. The first-order valence-corrected chi connectivity index (χ1v) is 12.0. The number of ether oxygens (including phenoxy) is 1. The van der Waals surface area contributed by atoms with Crippen LogP contribution in [0.5, 0.6) is 5.75 Å². The van der Waals surface area contributed by atoms with Crippen LogP contribution in [0.2, 0.25) is 10.3 Å². The van der Waals surface area contributed by atoms with Gasteiger partial charge in [0.25, 0.3) is 5.91 Å². The number of hydrogen-bond donors (Lipinski definition) is 5. The topological polar surface area (TPSA) is 167 Å².